The Hall–Kier alpha value is -2.99. The van der Waals surface area contributed by atoms with Gasteiger partial charge in [-0.2, -0.15) is 10.5 Å². The van der Waals surface area contributed by atoms with Gasteiger partial charge < -0.3 is 10.0 Å². The standard InChI is InChI=1S/C17H16N4O2/c1-10-14-7-12(13-5-6-20(8-18)11(13)2)3-4-15(14)21(9-19)16(10)17(22)23/h3-4,7,11,13H,5-6H2,1-2H3,(H,22,23). The zero-order valence-corrected chi connectivity index (χ0v) is 12.9. The third kappa shape index (κ3) is 2.11. The van der Waals surface area contributed by atoms with Crippen LogP contribution in [0.5, 0.6) is 0 Å². The number of nitriles is 2. The van der Waals surface area contributed by atoms with Crippen LogP contribution in [0.2, 0.25) is 0 Å². The minimum atomic E-state index is -1.10. The topological polar surface area (TPSA) is 93.0 Å². The largest absolute Gasteiger partial charge is 0.477 e. The highest BCUT2D eigenvalue weighted by Crippen LogP contribution is 2.35. The van der Waals surface area contributed by atoms with Crippen molar-refractivity contribution in [1.29, 1.82) is 10.5 Å². The number of fused-ring (bicyclic) bond motifs is 1. The van der Waals surface area contributed by atoms with Crippen LogP contribution < -0.4 is 0 Å². The summed E-state index contributed by atoms with van der Waals surface area (Å²) in [5.41, 5.74) is 2.29. The molecule has 0 amide bonds. The molecule has 6 nitrogen and oxygen atoms in total. The number of aryl methyl sites for hydroxylation is 1. The summed E-state index contributed by atoms with van der Waals surface area (Å²) in [5.74, 6) is -0.871. The summed E-state index contributed by atoms with van der Waals surface area (Å²) in [6.07, 6.45) is 5.04. The van der Waals surface area contributed by atoms with Crippen molar-refractivity contribution in [3.05, 3.63) is 35.0 Å². The summed E-state index contributed by atoms with van der Waals surface area (Å²) in [4.78, 5) is 13.2. The Bertz CT molecular complexity index is 885. The van der Waals surface area contributed by atoms with Crippen molar-refractivity contribution in [3.8, 4) is 12.4 Å². The fourth-order valence-electron chi connectivity index (χ4n) is 3.58. The first kappa shape index (κ1) is 14.9. The maximum absolute atomic E-state index is 11.4. The number of hydrogen-bond acceptors (Lipinski definition) is 4. The second-order valence-corrected chi connectivity index (χ2v) is 5.92. The van der Waals surface area contributed by atoms with Gasteiger partial charge in [0.05, 0.1) is 5.52 Å². The first-order chi connectivity index (χ1) is 11.0. The Labute approximate surface area is 133 Å². The normalized spacial score (nSPS) is 20.4. The number of aromatic carboxylic acids is 1. The first-order valence-electron chi connectivity index (χ1n) is 7.44. The second kappa shape index (κ2) is 5.33. The molecule has 23 heavy (non-hydrogen) atoms. The molecule has 1 aliphatic rings. The van der Waals surface area contributed by atoms with Gasteiger partial charge in [0.2, 0.25) is 0 Å². The molecule has 0 radical (unpaired) electrons. The summed E-state index contributed by atoms with van der Waals surface area (Å²) in [6.45, 7) is 4.49. The molecule has 1 saturated heterocycles. The average Bonchev–Trinajstić information content (AvgIpc) is 3.04. The van der Waals surface area contributed by atoms with E-state index in [4.69, 9.17) is 5.26 Å². The highest BCUT2D eigenvalue weighted by Gasteiger charge is 2.31. The minimum absolute atomic E-state index is 0.0118. The summed E-state index contributed by atoms with van der Waals surface area (Å²) in [7, 11) is 0. The number of rotatable bonds is 2. The van der Waals surface area contributed by atoms with Crippen LogP contribution in [0.3, 0.4) is 0 Å². The van der Waals surface area contributed by atoms with E-state index in [-0.39, 0.29) is 17.7 Å². The van der Waals surface area contributed by atoms with E-state index in [0.717, 1.165) is 28.5 Å². The highest BCUT2D eigenvalue weighted by atomic mass is 16.4. The van der Waals surface area contributed by atoms with Crippen molar-refractivity contribution in [2.45, 2.75) is 32.2 Å². The third-order valence-electron chi connectivity index (χ3n) is 4.86. The summed E-state index contributed by atoms with van der Waals surface area (Å²) in [5, 5.41) is 28.5. The Kier molecular flexibility index (Phi) is 3.46. The van der Waals surface area contributed by atoms with Gasteiger partial charge in [0.25, 0.3) is 0 Å². The van der Waals surface area contributed by atoms with E-state index < -0.39 is 5.97 Å². The Morgan fingerprint density at radius 2 is 2.09 bits per heavy atom. The van der Waals surface area contributed by atoms with E-state index in [2.05, 4.69) is 6.19 Å². The highest BCUT2D eigenvalue weighted by molar-refractivity contribution is 5.99. The molecule has 3 rings (SSSR count). The molecule has 6 heteroatoms. The van der Waals surface area contributed by atoms with E-state index in [0.29, 0.717) is 11.1 Å². The molecule has 1 aromatic heterocycles. The lowest BCUT2D eigenvalue weighted by Crippen LogP contribution is -2.24. The fraction of sp³-hybridized carbons (Fsp3) is 0.353. The first-order valence-corrected chi connectivity index (χ1v) is 7.44. The van der Waals surface area contributed by atoms with Gasteiger partial charge in [-0.1, -0.05) is 6.07 Å². The molecule has 2 heterocycles. The number of carbonyl (C=O) groups is 1. The quantitative estimate of drug-likeness (QED) is 0.861. The average molecular weight is 308 g/mol. The SMILES string of the molecule is Cc1c(C(=O)O)n(C#N)c2ccc(C3CCN(C#N)C3C)cc12. The molecular formula is C17H16N4O2. The molecule has 1 fully saturated rings. The zero-order chi connectivity index (χ0) is 16.7. The van der Waals surface area contributed by atoms with Crippen molar-refractivity contribution < 1.29 is 9.90 Å². The number of likely N-dealkylation sites (tertiary alicyclic amines) is 1. The monoisotopic (exact) mass is 308 g/mol. The lowest BCUT2D eigenvalue weighted by atomic mass is 9.91. The van der Waals surface area contributed by atoms with Crippen molar-refractivity contribution in [1.82, 2.24) is 9.47 Å². The molecular weight excluding hydrogens is 292 g/mol. The molecule has 2 unspecified atom stereocenters. The summed E-state index contributed by atoms with van der Waals surface area (Å²) in [6, 6.07) is 5.82. The Morgan fingerprint density at radius 1 is 1.35 bits per heavy atom. The minimum Gasteiger partial charge on any atom is -0.477 e. The van der Waals surface area contributed by atoms with Crippen molar-refractivity contribution in [2.75, 3.05) is 6.54 Å². The van der Waals surface area contributed by atoms with Gasteiger partial charge in [-0.25, -0.2) is 9.36 Å². The number of benzene rings is 1. The van der Waals surface area contributed by atoms with Crippen LogP contribution in [0, 0.1) is 29.8 Å². The van der Waals surface area contributed by atoms with Crippen molar-refractivity contribution in [3.63, 3.8) is 0 Å². The van der Waals surface area contributed by atoms with Crippen LogP contribution in [0.1, 0.15) is 40.9 Å². The van der Waals surface area contributed by atoms with E-state index >= 15 is 0 Å². The number of carboxylic acid groups (broad SMARTS) is 1. The molecule has 116 valence electrons. The number of nitrogens with zero attached hydrogens (tertiary/aromatic N) is 4. The van der Waals surface area contributed by atoms with Gasteiger partial charge in [-0.3, -0.25) is 0 Å². The van der Waals surface area contributed by atoms with Gasteiger partial charge in [0, 0.05) is 23.9 Å². The molecule has 2 atom stereocenters. The van der Waals surface area contributed by atoms with Crippen LogP contribution in [0.4, 0.5) is 0 Å². The van der Waals surface area contributed by atoms with E-state index in [1.807, 2.05) is 25.2 Å². The van der Waals surface area contributed by atoms with E-state index in [9.17, 15) is 15.2 Å². The summed E-state index contributed by atoms with van der Waals surface area (Å²) >= 11 is 0. The maximum Gasteiger partial charge on any atom is 0.353 e. The lowest BCUT2D eigenvalue weighted by molar-refractivity contribution is 0.0688. The number of carboxylic acids is 1. The van der Waals surface area contributed by atoms with Crippen molar-refractivity contribution in [2.24, 2.45) is 0 Å². The molecule has 0 bridgehead atoms. The molecule has 0 spiro atoms. The Morgan fingerprint density at radius 3 is 2.65 bits per heavy atom. The van der Waals surface area contributed by atoms with Gasteiger partial charge in [-0.15, -0.1) is 0 Å². The van der Waals surface area contributed by atoms with Gasteiger partial charge >= 0.3 is 5.97 Å². The number of hydrogen-bond donors (Lipinski definition) is 1. The lowest BCUT2D eigenvalue weighted by Gasteiger charge is -2.19. The fourth-order valence-corrected chi connectivity index (χ4v) is 3.58. The van der Waals surface area contributed by atoms with E-state index in [1.165, 1.54) is 0 Å². The van der Waals surface area contributed by atoms with Crippen LogP contribution in [0.15, 0.2) is 18.2 Å². The van der Waals surface area contributed by atoms with Crippen LogP contribution >= 0.6 is 0 Å². The maximum atomic E-state index is 11.4. The number of aromatic nitrogens is 1. The van der Waals surface area contributed by atoms with Gasteiger partial charge in [0.1, 0.15) is 5.69 Å². The smallest absolute Gasteiger partial charge is 0.353 e. The van der Waals surface area contributed by atoms with Gasteiger partial charge in [0.15, 0.2) is 12.4 Å². The summed E-state index contributed by atoms with van der Waals surface area (Å²) < 4.78 is 1.16. The van der Waals surface area contributed by atoms with E-state index in [1.54, 1.807) is 17.9 Å². The zero-order valence-electron chi connectivity index (χ0n) is 12.9. The molecule has 2 aromatic rings. The van der Waals surface area contributed by atoms with Crippen LogP contribution in [0.25, 0.3) is 10.9 Å². The Balaban J connectivity index is 2.14. The van der Waals surface area contributed by atoms with Crippen LogP contribution in [-0.2, 0) is 0 Å². The predicted octanol–water partition coefficient (Wildman–Crippen LogP) is 2.64. The van der Waals surface area contributed by atoms with Crippen molar-refractivity contribution >= 4 is 16.9 Å². The predicted molar refractivity (Wildman–Crippen MR) is 83.8 cm³/mol. The second-order valence-electron chi connectivity index (χ2n) is 5.92. The molecule has 0 aliphatic carbocycles. The molecule has 0 saturated carbocycles. The molecule has 1 N–H and O–H groups in total. The third-order valence-corrected chi connectivity index (χ3v) is 4.86. The van der Waals surface area contributed by atoms with Crippen LogP contribution in [-0.4, -0.2) is 33.1 Å². The molecule has 1 aromatic carbocycles. The molecule has 1 aliphatic heterocycles. The van der Waals surface area contributed by atoms with Gasteiger partial charge in [-0.05, 0) is 43.5 Å².